The van der Waals surface area contributed by atoms with Gasteiger partial charge in [0.1, 0.15) is 5.75 Å². The van der Waals surface area contributed by atoms with Gasteiger partial charge in [0, 0.05) is 27.8 Å². The number of aryl methyl sites for hydroxylation is 1. The van der Waals surface area contributed by atoms with Crippen molar-refractivity contribution in [1.82, 2.24) is 0 Å². The van der Waals surface area contributed by atoms with Crippen LogP contribution in [0, 0.1) is 6.92 Å². The molecule has 1 aromatic carbocycles. The standard InChI is InChI=1S/C15H19NOS/c1-3-17-14-7-5-4-6-12(14)13(10-16)15-9-8-11(2)18-15/h4-9,13H,3,10,16H2,1-2H3. The summed E-state index contributed by atoms with van der Waals surface area (Å²) in [5.74, 6) is 1.17. The van der Waals surface area contributed by atoms with Crippen LogP contribution in [0.1, 0.15) is 28.2 Å². The summed E-state index contributed by atoms with van der Waals surface area (Å²) in [5.41, 5.74) is 7.15. The molecule has 1 aromatic heterocycles. The Morgan fingerprint density at radius 3 is 2.61 bits per heavy atom. The van der Waals surface area contributed by atoms with E-state index >= 15 is 0 Å². The lowest BCUT2D eigenvalue weighted by Gasteiger charge is -2.17. The van der Waals surface area contributed by atoms with Crippen LogP contribution in [-0.2, 0) is 0 Å². The van der Waals surface area contributed by atoms with Crippen LogP contribution >= 0.6 is 11.3 Å². The average Bonchev–Trinajstić information content (AvgIpc) is 2.79. The monoisotopic (exact) mass is 261 g/mol. The highest BCUT2D eigenvalue weighted by Crippen LogP contribution is 2.34. The highest BCUT2D eigenvalue weighted by atomic mass is 32.1. The third-order valence-corrected chi connectivity index (χ3v) is 4.05. The van der Waals surface area contributed by atoms with E-state index in [2.05, 4.69) is 25.1 Å². The Morgan fingerprint density at radius 1 is 1.22 bits per heavy atom. The Morgan fingerprint density at radius 2 is 2.00 bits per heavy atom. The molecular weight excluding hydrogens is 242 g/mol. The fraction of sp³-hybridized carbons (Fsp3) is 0.333. The summed E-state index contributed by atoms with van der Waals surface area (Å²) in [6.45, 7) is 5.40. The molecule has 0 spiro atoms. The quantitative estimate of drug-likeness (QED) is 0.893. The van der Waals surface area contributed by atoms with Gasteiger partial charge in [0.15, 0.2) is 0 Å². The first kappa shape index (κ1) is 13.1. The highest BCUT2D eigenvalue weighted by Gasteiger charge is 2.18. The summed E-state index contributed by atoms with van der Waals surface area (Å²) in [5, 5.41) is 0. The van der Waals surface area contributed by atoms with Gasteiger partial charge in [-0.15, -0.1) is 11.3 Å². The van der Waals surface area contributed by atoms with Gasteiger partial charge < -0.3 is 10.5 Å². The van der Waals surface area contributed by atoms with Crippen LogP contribution in [0.4, 0.5) is 0 Å². The summed E-state index contributed by atoms with van der Waals surface area (Å²) >= 11 is 1.81. The van der Waals surface area contributed by atoms with Crippen molar-refractivity contribution in [2.45, 2.75) is 19.8 Å². The average molecular weight is 261 g/mol. The van der Waals surface area contributed by atoms with Crippen molar-refractivity contribution in [3.05, 3.63) is 51.7 Å². The maximum atomic E-state index is 5.96. The zero-order valence-corrected chi connectivity index (χ0v) is 11.7. The molecule has 0 amide bonds. The van der Waals surface area contributed by atoms with E-state index in [4.69, 9.17) is 10.5 Å². The number of hydrogen-bond acceptors (Lipinski definition) is 3. The molecule has 0 saturated heterocycles. The number of thiophene rings is 1. The molecule has 18 heavy (non-hydrogen) atoms. The molecule has 3 heteroatoms. The Hall–Kier alpha value is -1.32. The first-order chi connectivity index (χ1) is 8.76. The van der Waals surface area contributed by atoms with Gasteiger partial charge in [-0.2, -0.15) is 0 Å². The lowest BCUT2D eigenvalue weighted by atomic mass is 9.96. The fourth-order valence-corrected chi connectivity index (χ4v) is 3.10. The first-order valence-corrected chi connectivity index (χ1v) is 7.06. The second-order valence-corrected chi connectivity index (χ2v) is 5.53. The van der Waals surface area contributed by atoms with Crippen molar-refractivity contribution in [1.29, 1.82) is 0 Å². The normalized spacial score (nSPS) is 12.4. The van der Waals surface area contributed by atoms with Crippen molar-refractivity contribution in [3.8, 4) is 5.75 Å². The van der Waals surface area contributed by atoms with Crippen molar-refractivity contribution in [2.24, 2.45) is 5.73 Å². The topological polar surface area (TPSA) is 35.2 Å². The Kier molecular flexibility index (Phi) is 4.39. The second kappa shape index (κ2) is 6.03. The van der Waals surface area contributed by atoms with Crippen molar-refractivity contribution in [3.63, 3.8) is 0 Å². The summed E-state index contributed by atoms with van der Waals surface area (Å²) in [7, 11) is 0. The Bertz CT molecular complexity index is 507. The summed E-state index contributed by atoms with van der Waals surface area (Å²) in [6, 6.07) is 12.5. The van der Waals surface area contributed by atoms with Crippen LogP contribution in [-0.4, -0.2) is 13.2 Å². The van der Waals surface area contributed by atoms with E-state index in [0.717, 1.165) is 5.75 Å². The molecule has 1 atom stereocenters. The van der Waals surface area contributed by atoms with E-state index in [1.807, 2.05) is 25.1 Å². The molecule has 96 valence electrons. The molecule has 0 saturated carbocycles. The van der Waals surface area contributed by atoms with Gasteiger partial charge in [-0.25, -0.2) is 0 Å². The molecule has 0 aliphatic carbocycles. The molecule has 2 nitrogen and oxygen atoms in total. The lowest BCUT2D eigenvalue weighted by Crippen LogP contribution is -2.14. The van der Waals surface area contributed by atoms with Crippen LogP contribution < -0.4 is 10.5 Å². The highest BCUT2D eigenvalue weighted by molar-refractivity contribution is 7.12. The molecular formula is C15H19NOS. The van der Waals surface area contributed by atoms with Gasteiger partial charge >= 0.3 is 0 Å². The zero-order chi connectivity index (χ0) is 13.0. The van der Waals surface area contributed by atoms with Crippen LogP contribution in [0.15, 0.2) is 36.4 Å². The largest absolute Gasteiger partial charge is 0.494 e. The third-order valence-electron chi connectivity index (χ3n) is 2.93. The van der Waals surface area contributed by atoms with Crippen molar-refractivity contribution >= 4 is 11.3 Å². The fourth-order valence-electron chi connectivity index (χ4n) is 2.09. The molecule has 2 N–H and O–H groups in total. The molecule has 2 rings (SSSR count). The molecule has 0 fully saturated rings. The Balaban J connectivity index is 2.38. The number of para-hydroxylation sites is 1. The smallest absolute Gasteiger partial charge is 0.123 e. The van der Waals surface area contributed by atoms with E-state index in [9.17, 15) is 0 Å². The lowest BCUT2D eigenvalue weighted by molar-refractivity contribution is 0.335. The molecule has 0 radical (unpaired) electrons. The van der Waals surface area contributed by atoms with Gasteiger partial charge in [0.2, 0.25) is 0 Å². The number of hydrogen-bond donors (Lipinski definition) is 1. The molecule has 1 unspecified atom stereocenters. The van der Waals surface area contributed by atoms with Gasteiger partial charge in [-0.05, 0) is 32.0 Å². The second-order valence-electron chi connectivity index (χ2n) is 4.21. The minimum atomic E-state index is 0.228. The van der Waals surface area contributed by atoms with Gasteiger partial charge in [0.05, 0.1) is 6.61 Å². The van der Waals surface area contributed by atoms with E-state index in [0.29, 0.717) is 13.2 Å². The summed E-state index contributed by atoms with van der Waals surface area (Å²) in [6.07, 6.45) is 0. The number of ether oxygens (including phenoxy) is 1. The van der Waals surface area contributed by atoms with Gasteiger partial charge in [-0.1, -0.05) is 18.2 Å². The molecule has 0 aliphatic heterocycles. The van der Waals surface area contributed by atoms with Gasteiger partial charge in [-0.3, -0.25) is 0 Å². The predicted octanol–water partition coefficient (Wildman–Crippen LogP) is 3.55. The third kappa shape index (κ3) is 2.74. The first-order valence-electron chi connectivity index (χ1n) is 6.24. The number of benzene rings is 1. The minimum Gasteiger partial charge on any atom is -0.494 e. The van der Waals surface area contributed by atoms with Crippen LogP contribution in [0.5, 0.6) is 5.75 Å². The predicted molar refractivity (Wildman–Crippen MR) is 77.6 cm³/mol. The van der Waals surface area contributed by atoms with E-state index in [-0.39, 0.29) is 5.92 Å². The van der Waals surface area contributed by atoms with E-state index in [1.54, 1.807) is 11.3 Å². The zero-order valence-electron chi connectivity index (χ0n) is 10.8. The van der Waals surface area contributed by atoms with Gasteiger partial charge in [0.25, 0.3) is 0 Å². The summed E-state index contributed by atoms with van der Waals surface area (Å²) < 4.78 is 5.70. The van der Waals surface area contributed by atoms with E-state index < -0.39 is 0 Å². The van der Waals surface area contributed by atoms with Crippen molar-refractivity contribution in [2.75, 3.05) is 13.2 Å². The van der Waals surface area contributed by atoms with Crippen LogP contribution in [0.25, 0.3) is 0 Å². The maximum absolute atomic E-state index is 5.96. The Labute approximate surface area is 112 Å². The van der Waals surface area contributed by atoms with Crippen molar-refractivity contribution < 1.29 is 4.74 Å². The molecule has 0 bridgehead atoms. The number of nitrogens with two attached hydrogens (primary N) is 1. The molecule has 0 aliphatic rings. The minimum absolute atomic E-state index is 0.228. The van der Waals surface area contributed by atoms with Crippen LogP contribution in [0.2, 0.25) is 0 Å². The summed E-state index contributed by atoms with van der Waals surface area (Å²) in [4.78, 5) is 2.62. The molecule has 2 aromatic rings. The number of rotatable bonds is 5. The maximum Gasteiger partial charge on any atom is 0.123 e. The molecule has 1 heterocycles. The van der Waals surface area contributed by atoms with E-state index in [1.165, 1.54) is 15.3 Å². The SMILES string of the molecule is CCOc1ccccc1C(CN)c1ccc(C)s1. The van der Waals surface area contributed by atoms with Crippen LogP contribution in [0.3, 0.4) is 0 Å².